The molecular weight excluding hydrogens is 318 g/mol. The molecule has 23 heavy (non-hydrogen) atoms. The second-order valence-electron chi connectivity index (χ2n) is 4.85. The molecule has 0 fully saturated rings. The molecule has 2 heterocycles. The number of benzene rings is 1. The van der Waals surface area contributed by atoms with Gasteiger partial charge in [0.1, 0.15) is 5.76 Å². The Morgan fingerprint density at radius 1 is 1.35 bits per heavy atom. The molecular formula is C15H14ClN5O2. The lowest BCUT2D eigenvalue weighted by atomic mass is 10.2. The second kappa shape index (κ2) is 6.62. The predicted octanol–water partition coefficient (Wildman–Crippen LogP) is 3.25. The third-order valence-corrected chi connectivity index (χ3v) is 3.37. The number of carbonyl (C=O) groups is 1. The Morgan fingerprint density at radius 2 is 2.22 bits per heavy atom. The van der Waals surface area contributed by atoms with Crippen LogP contribution in [0.2, 0.25) is 5.02 Å². The van der Waals surface area contributed by atoms with E-state index in [4.69, 9.17) is 16.0 Å². The normalized spacial score (nSPS) is 10.7. The number of amides is 1. The topological polar surface area (TPSA) is 85.8 Å². The zero-order valence-electron chi connectivity index (χ0n) is 12.4. The molecule has 1 N–H and O–H groups in total. The molecule has 0 aliphatic heterocycles. The summed E-state index contributed by atoms with van der Waals surface area (Å²) in [5.41, 5.74) is 0.798. The number of hydrogen-bond donors (Lipinski definition) is 1. The molecule has 3 aromatic rings. The van der Waals surface area contributed by atoms with Gasteiger partial charge in [0, 0.05) is 17.1 Å². The summed E-state index contributed by atoms with van der Waals surface area (Å²) in [7, 11) is 0. The zero-order chi connectivity index (χ0) is 16.2. The van der Waals surface area contributed by atoms with Crippen molar-refractivity contribution in [2.45, 2.75) is 19.9 Å². The van der Waals surface area contributed by atoms with Gasteiger partial charge in [-0.25, -0.2) is 4.68 Å². The molecule has 0 aliphatic rings. The fourth-order valence-corrected chi connectivity index (χ4v) is 2.27. The number of aromatic nitrogens is 4. The zero-order valence-corrected chi connectivity index (χ0v) is 13.1. The van der Waals surface area contributed by atoms with E-state index in [0.29, 0.717) is 17.3 Å². The smallest absolute Gasteiger partial charge is 0.293 e. The van der Waals surface area contributed by atoms with Crippen molar-refractivity contribution < 1.29 is 9.21 Å². The summed E-state index contributed by atoms with van der Waals surface area (Å²) < 4.78 is 7.11. The highest BCUT2D eigenvalue weighted by Crippen LogP contribution is 2.25. The van der Waals surface area contributed by atoms with E-state index in [1.807, 2.05) is 19.1 Å². The average molecular weight is 332 g/mol. The van der Waals surface area contributed by atoms with Crippen LogP contribution in [0.15, 0.2) is 40.8 Å². The Bertz CT molecular complexity index is 827. The van der Waals surface area contributed by atoms with Crippen LogP contribution in [0.3, 0.4) is 0 Å². The summed E-state index contributed by atoms with van der Waals surface area (Å²) in [6.07, 6.45) is 0.855. The first-order chi connectivity index (χ1) is 11.2. The third kappa shape index (κ3) is 3.40. The van der Waals surface area contributed by atoms with Gasteiger partial charge in [0.15, 0.2) is 5.76 Å². The predicted molar refractivity (Wildman–Crippen MR) is 85.2 cm³/mol. The van der Waals surface area contributed by atoms with Gasteiger partial charge in [0.05, 0.1) is 0 Å². The van der Waals surface area contributed by atoms with Crippen molar-refractivity contribution in [1.29, 1.82) is 0 Å². The molecule has 0 saturated carbocycles. The maximum Gasteiger partial charge on any atom is 0.293 e. The molecule has 0 spiro atoms. The molecule has 0 radical (unpaired) electrons. The molecule has 1 aromatic carbocycles. The van der Waals surface area contributed by atoms with Crippen molar-refractivity contribution in [3.63, 3.8) is 0 Å². The monoisotopic (exact) mass is 331 g/mol. The van der Waals surface area contributed by atoms with Crippen molar-refractivity contribution in [2.24, 2.45) is 0 Å². The number of carbonyl (C=O) groups excluding carboxylic acids is 1. The Balaban J connectivity index is 1.77. The minimum Gasteiger partial charge on any atom is -0.451 e. The second-order valence-corrected chi connectivity index (χ2v) is 5.29. The number of aryl methyl sites for hydroxylation is 1. The number of furan rings is 1. The minimum atomic E-state index is -0.412. The average Bonchev–Trinajstić information content (AvgIpc) is 3.18. The first-order valence-corrected chi connectivity index (χ1v) is 7.48. The number of tetrazole rings is 1. The molecule has 3 rings (SSSR count). The van der Waals surface area contributed by atoms with Crippen LogP contribution < -0.4 is 5.32 Å². The van der Waals surface area contributed by atoms with Crippen LogP contribution in [0, 0.1) is 0 Å². The SMILES string of the molecule is CCCn1nnnc1NC(=O)c1ccc(-c2cccc(Cl)c2)o1. The number of anilines is 1. The molecule has 2 aromatic heterocycles. The van der Waals surface area contributed by atoms with Gasteiger partial charge in [-0.05, 0) is 41.1 Å². The van der Waals surface area contributed by atoms with Crippen molar-refractivity contribution in [3.8, 4) is 11.3 Å². The van der Waals surface area contributed by atoms with Crippen molar-refractivity contribution in [2.75, 3.05) is 5.32 Å². The summed E-state index contributed by atoms with van der Waals surface area (Å²) in [4.78, 5) is 12.2. The van der Waals surface area contributed by atoms with E-state index in [0.717, 1.165) is 12.0 Å². The summed E-state index contributed by atoms with van der Waals surface area (Å²) in [5, 5.41) is 14.4. The van der Waals surface area contributed by atoms with Gasteiger partial charge in [0.2, 0.25) is 5.95 Å². The van der Waals surface area contributed by atoms with E-state index >= 15 is 0 Å². The van der Waals surface area contributed by atoms with Gasteiger partial charge in [-0.1, -0.05) is 35.8 Å². The van der Waals surface area contributed by atoms with E-state index in [9.17, 15) is 4.79 Å². The van der Waals surface area contributed by atoms with Crippen LogP contribution in [-0.4, -0.2) is 26.1 Å². The lowest BCUT2D eigenvalue weighted by Gasteiger charge is -2.03. The molecule has 8 heteroatoms. The third-order valence-electron chi connectivity index (χ3n) is 3.13. The first-order valence-electron chi connectivity index (χ1n) is 7.10. The van der Waals surface area contributed by atoms with Crippen LogP contribution >= 0.6 is 11.6 Å². The van der Waals surface area contributed by atoms with Crippen LogP contribution in [0.25, 0.3) is 11.3 Å². The van der Waals surface area contributed by atoms with Gasteiger partial charge < -0.3 is 4.42 Å². The quantitative estimate of drug-likeness (QED) is 0.775. The lowest BCUT2D eigenvalue weighted by Crippen LogP contribution is -2.16. The van der Waals surface area contributed by atoms with Crippen molar-refractivity contribution >= 4 is 23.5 Å². The fraction of sp³-hybridized carbons (Fsp3) is 0.200. The summed E-state index contributed by atoms with van der Waals surface area (Å²) in [6, 6.07) is 10.5. The van der Waals surface area contributed by atoms with E-state index < -0.39 is 5.91 Å². The van der Waals surface area contributed by atoms with E-state index in [2.05, 4.69) is 20.8 Å². The van der Waals surface area contributed by atoms with Gasteiger partial charge >= 0.3 is 0 Å². The number of nitrogens with zero attached hydrogens (tertiary/aromatic N) is 4. The number of rotatable bonds is 5. The highest BCUT2D eigenvalue weighted by molar-refractivity contribution is 6.30. The summed E-state index contributed by atoms with van der Waals surface area (Å²) >= 11 is 5.96. The Labute approximate surface area is 137 Å². The molecule has 0 atom stereocenters. The molecule has 7 nitrogen and oxygen atoms in total. The Morgan fingerprint density at radius 3 is 3.00 bits per heavy atom. The Kier molecular flexibility index (Phi) is 4.38. The van der Waals surface area contributed by atoms with E-state index in [1.54, 1.807) is 24.3 Å². The first kappa shape index (κ1) is 15.2. The van der Waals surface area contributed by atoms with Crippen LogP contribution in [0.4, 0.5) is 5.95 Å². The lowest BCUT2D eigenvalue weighted by molar-refractivity contribution is 0.0996. The van der Waals surface area contributed by atoms with Crippen LogP contribution in [0.1, 0.15) is 23.9 Å². The highest BCUT2D eigenvalue weighted by Gasteiger charge is 2.16. The molecule has 1 amide bonds. The largest absolute Gasteiger partial charge is 0.451 e. The molecule has 0 aliphatic carbocycles. The standard InChI is InChI=1S/C15H14ClN5O2/c1-2-8-21-15(18-19-20-21)17-14(22)13-7-6-12(23-13)10-4-3-5-11(16)9-10/h3-7,9H,2,8H2,1H3,(H,17,18,20,22). The number of halogens is 1. The summed E-state index contributed by atoms with van der Waals surface area (Å²) in [5.74, 6) is 0.611. The molecule has 0 unspecified atom stereocenters. The van der Waals surface area contributed by atoms with Gasteiger partial charge in [0.25, 0.3) is 5.91 Å². The Hall–Kier alpha value is -2.67. The van der Waals surface area contributed by atoms with E-state index in [1.165, 1.54) is 4.68 Å². The summed E-state index contributed by atoms with van der Waals surface area (Å²) in [6.45, 7) is 2.62. The minimum absolute atomic E-state index is 0.172. The van der Waals surface area contributed by atoms with Crippen molar-refractivity contribution in [3.05, 3.63) is 47.2 Å². The maximum atomic E-state index is 12.2. The van der Waals surface area contributed by atoms with Gasteiger partial charge in [-0.15, -0.1) is 0 Å². The van der Waals surface area contributed by atoms with Crippen LogP contribution in [0.5, 0.6) is 0 Å². The molecule has 118 valence electrons. The maximum absolute atomic E-state index is 12.2. The molecule has 0 bridgehead atoms. The van der Waals surface area contributed by atoms with Gasteiger partial charge in [-0.2, -0.15) is 0 Å². The molecule has 0 saturated heterocycles. The fourth-order valence-electron chi connectivity index (χ4n) is 2.08. The van der Waals surface area contributed by atoms with Crippen LogP contribution in [-0.2, 0) is 6.54 Å². The van der Waals surface area contributed by atoms with E-state index in [-0.39, 0.29) is 11.7 Å². The number of hydrogen-bond acceptors (Lipinski definition) is 5. The highest BCUT2D eigenvalue weighted by atomic mass is 35.5. The number of nitrogens with one attached hydrogen (secondary N) is 1. The van der Waals surface area contributed by atoms with Gasteiger partial charge in [-0.3, -0.25) is 10.1 Å². The van der Waals surface area contributed by atoms with Crippen molar-refractivity contribution in [1.82, 2.24) is 20.2 Å².